The molecule has 0 saturated carbocycles. The Bertz CT molecular complexity index is 694. The highest BCUT2D eigenvalue weighted by Gasteiger charge is 2.15. The van der Waals surface area contributed by atoms with E-state index in [2.05, 4.69) is 21.2 Å². The van der Waals surface area contributed by atoms with Crippen molar-refractivity contribution in [2.45, 2.75) is 0 Å². The van der Waals surface area contributed by atoms with E-state index in [0.29, 0.717) is 4.47 Å². The molecule has 1 amide bonds. The molecule has 0 spiro atoms. The highest BCUT2D eigenvalue weighted by atomic mass is 79.9. The normalized spacial score (nSPS) is 10.4. The average molecular weight is 379 g/mol. The minimum Gasteiger partial charge on any atom is -0.504 e. The number of phenolic OH excluding ortho intramolecular Hbond substituents is 1. The van der Waals surface area contributed by atoms with E-state index in [4.69, 9.17) is 23.2 Å². The second-order valence-corrected chi connectivity index (χ2v) is 5.56. The van der Waals surface area contributed by atoms with Gasteiger partial charge in [0.15, 0.2) is 5.75 Å². The molecule has 0 aromatic heterocycles. The SMILES string of the molecule is O=C(Nc1cc(Cl)cc(Cl)c1O)c1ccc(F)cc1Br. The first kappa shape index (κ1) is 15.1. The summed E-state index contributed by atoms with van der Waals surface area (Å²) in [6.45, 7) is 0. The van der Waals surface area contributed by atoms with Gasteiger partial charge in [0.05, 0.1) is 16.3 Å². The Kier molecular flexibility index (Phi) is 4.52. The number of benzene rings is 2. The van der Waals surface area contributed by atoms with Gasteiger partial charge in [0.25, 0.3) is 5.91 Å². The number of hydrogen-bond donors (Lipinski definition) is 2. The predicted octanol–water partition coefficient (Wildman–Crippen LogP) is 4.85. The number of carbonyl (C=O) groups is 1. The van der Waals surface area contributed by atoms with Crippen molar-refractivity contribution in [1.29, 1.82) is 0 Å². The molecule has 0 heterocycles. The second-order valence-electron chi connectivity index (χ2n) is 3.86. The monoisotopic (exact) mass is 377 g/mol. The van der Waals surface area contributed by atoms with Gasteiger partial charge in [0.2, 0.25) is 0 Å². The van der Waals surface area contributed by atoms with Crippen molar-refractivity contribution in [2.75, 3.05) is 5.32 Å². The lowest BCUT2D eigenvalue weighted by Crippen LogP contribution is -2.13. The summed E-state index contributed by atoms with van der Waals surface area (Å²) in [4.78, 5) is 12.1. The molecule has 0 aliphatic rings. The molecule has 2 rings (SSSR count). The van der Waals surface area contributed by atoms with Crippen LogP contribution >= 0.6 is 39.1 Å². The Morgan fingerprint density at radius 1 is 1.25 bits per heavy atom. The van der Waals surface area contributed by atoms with Crippen LogP contribution < -0.4 is 5.32 Å². The van der Waals surface area contributed by atoms with Crippen LogP contribution in [0.25, 0.3) is 0 Å². The fourth-order valence-electron chi connectivity index (χ4n) is 1.52. The van der Waals surface area contributed by atoms with Crippen LogP contribution in [0.1, 0.15) is 10.4 Å². The van der Waals surface area contributed by atoms with Gasteiger partial charge in [0, 0.05) is 9.50 Å². The van der Waals surface area contributed by atoms with Crippen LogP contribution in [-0.4, -0.2) is 11.0 Å². The van der Waals surface area contributed by atoms with Crippen LogP contribution in [0.2, 0.25) is 10.0 Å². The summed E-state index contributed by atoms with van der Waals surface area (Å²) in [6, 6.07) is 6.35. The number of nitrogens with one attached hydrogen (secondary N) is 1. The first-order chi connectivity index (χ1) is 9.38. The zero-order valence-corrected chi connectivity index (χ0v) is 12.9. The van der Waals surface area contributed by atoms with Crippen molar-refractivity contribution < 1.29 is 14.3 Å². The number of aromatic hydroxyl groups is 1. The summed E-state index contributed by atoms with van der Waals surface area (Å²) in [7, 11) is 0. The summed E-state index contributed by atoms with van der Waals surface area (Å²) in [5.74, 6) is -1.30. The van der Waals surface area contributed by atoms with Crippen molar-refractivity contribution in [3.05, 3.63) is 56.2 Å². The smallest absolute Gasteiger partial charge is 0.256 e. The highest BCUT2D eigenvalue weighted by molar-refractivity contribution is 9.10. The Labute approximate surface area is 132 Å². The third-order valence-corrected chi connectivity index (χ3v) is 3.61. The lowest BCUT2D eigenvalue weighted by Gasteiger charge is -2.10. The van der Waals surface area contributed by atoms with E-state index >= 15 is 0 Å². The first-order valence-corrected chi connectivity index (χ1v) is 6.88. The number of halogens is 4. The van der Waals surface area contributed by atoms with Crippen LogP contribution in [0.15, 0.2) is 34.8 Å². The topological polar surface area (TPSA) is 49.3 Å². The molecular formula is C13H7BrCl2FNO2. The minimum atomic E-state index is -0.537. The minimum absolute atomic E-state index is 0.0194. The quantitative estimate of drug-likeness (QED) is 0.733. The predicted molar refractivity (Wildman–Crippen MR) is 80.2 cm³/mol. The fraction of sp³-hybridized carbons (Fsp3) is 0. The molecule has 0 saturated heterocycles. The highest BCUT2D eigenvalue weighted by Crippen LogP contribution is 2.35. The zero-order valence-electron chi connectivity index (χ0n) is 9.75. The van der Waals surface area contributed by atoms with Gasteiger partial charge in [-0.25, -0.2) is 4.39 Å². The van der Waals surface area contributed by atoms with Gasteiger partial charge in [-0.05, 0) is 46.3 Å². The number of carbonyl (C=O) groups excluding carboxylic acids is 1. The van der Waals surface area contributed by atoms with E-state index in [1.54, 1.807) is 0 Å². The summed E-state index contributed by atoms with van der Waals surface area (Å²) < 4.78 is 13.3. The van der Waals surface area contributed by atoms with Crippen molar-refractivity contribution in [2.24, 2.45) is 0 Å². The van der Waals surface area contributed by atoms with Gasteiger partial charge in [-0.1, -0.05) is 23.2 Å². The van der Waals surface area contributed by atoms with Crippen molar-refractivity contribution >= 4 is 50.7 Å². The second kappa shape index (κ2) is 5.99. The van der Waals surface area contributed by atoms with Crippen LogP contribution in [0, 0.1) is 5.82 Å². The van der Waals surface area contributed by atoms with Crippen LogP contribution in [0.3, 0.4) is 0 Å². The van der Waals surface area contributed by atoms with Gasteiger partial charge in [0.1, 0.15) is 5.82 Å². The van der Waals surface area contributed by atoms with E-state index in [9.17, 15) is 14.3 Å². The molecular weight excluding hydrogens is 372 g/mol. The molecule has 7 heteroatoms. The average Bonchev–Trinajstić information content (AvgIpc) is 2.35. The Morgan fingerprint density at radius 2 is 1.95 bits per heavy atom. The molecule has 0 fully saturated rings. The van der Waals surface area contributed by atoms with Gasteiger partial charge < -0.3 is 10.4 Å². The molecule has 0 aliphatic carbocycles. The number of phenols is 1. The maximum atomic E-state index is 13.0. The van der Waals surface area contributed by atoms with Gasteiger partial charge in [-0.3, -0.25) is 4.79 Å². The molecule has 2 aromatic carbocycles. The Balaban J connectivity index is 2.32. The van der Waals surface area contributed by atoms with Crippen molar-refractivity contribution in [3.63, 3.8) is 0 Å². The number of hydrogen-bond acceptors (Lipinski definition) is 2. The summed E-state index contributed by atoms with van der Waals surface area (Å²) in [5, 5.41) is 12.5. The number of amides is 1. The van der Waals surface area contributed by atoms with E-state index < -0.39 is 11.7 Å². The van der Waals surface area contributed by atoms with E-state index in [1.165, 1.54) is 24.3 Å². The number of anilines is 1. The molecule has 2 N–H and O–H groups in total. The standard InChI is InChI=1S/C13H7BrCl2FNO2/c14-9-5-7(17)1-2-8(9)13(20)18-11-4-6(15)3-10(16)12(11)19/h1-5,19H,(H,18,20). The van der Waals surface area contributed by atoms with E-state index in [0.717, 1.165) is 6.07 Å². The van der Waals surface area contributed by atoms with Gasteiger partial charge in [-0.15, -0.1) is 0 Å². The maximum absolute atomic E-state index is 13.0. The molecule has 0 unspecified atom stereocenters. The Morgan fingerprint density at radius 3 is 2.60 bits per heavy atom. The molecule has 20 heavy (non-hydrogen) atoms. The van der Waals surface area contributed by atoms with E-state index in [1.807, 2.05) is 0 Å². The van der Waals surface area contributed by atoms with Crippen molar-refractivity contribution in [1.82, 2.24) is 0 Å². The lowest BCUT2D eigenvalue weighted by molar-refractivity contribution is 0.102. The molecule has 0 bridgehead atoms. The molecule has 3 nitrogen and oxygen atoms in total. The van der Waals surface area contributed by atoms with Crippen molar-refractivity contribution in [3.8, 4) is 5.75 Å². The molecule has 0 atom stereocenters. The first-order valence-electron chi connectivity index (χ1n) is 5.33. The van der Waals surface area contributed by atoms with Crippen LogP contribution in [-0.2, 0) is 0 Å². The maximum Gasteiger partial charge on any atom is 0.256 e. The lowest BCUT2D eigenvalue weighted by atomic mass is 10.2. The largest absolute Gasteiger partial charge is 0.504 e. The number of rotatable bonds is 2. The molecule has 0 radical (unpaired) electrons. The zero-order chi connectivity index (χ0) is 14.9. The summed E-state index contributed by atoms with van der Waals surface area (Å²) in [6.07, 6.45) is 0. The van der Waals surface area contributed by atoms with E-state index in [-0.39, 0.29) is 27.0 Å². The van der Waals surface area contributed by atoms with Gasteiger partial charge >= 0.3 is 0 Å². The third-order valence-electron chi connectivity index (χ3n) is 2.45. The Hall–Kier alpha value is -1.30. The third kappa shape index (κ3) is 3.23. The molecule has 0 aliphatic heterocycles. The molecule has 104 valence electrons. The fourth-order valence-corrected chi connectivity index (χ4v) is 2.55. The van der Waals surface area contributed by atoms with Crippen LogP contribution in [0.4, 0.5) is 10.1 Å². The summed E-state index contributed by atoms with van der Waals surface area (Å²) in [5.41, 5.74) is 0.283. The molecule has 2 aromatic rings. The van der Waals surface area contributed by atoms with Gasteiger partial charge in [-0.2, -0.15) is 0 Å². The summed E-state index contributed by atoms with van der Waals surface area (Å²) >= 11 is 14.6. The van der Waals surface area contributed by atoms with Crippen LogP contribution in [0.5, 0.6) is 5.75 Å².